The van der Waals surface area contributed by atoms with Gasteiger partial charge in [0.1, 0.15) is 11.3 Å². The molecular weight excluding hydrogens is 362 g/mol. The molecule has 1 amide bonds. The van der Waals surface area contributed by atoms with Crippen molar-refractivity contribution >= 4 is 17.1 Å². The lowest BCUT2D eigenvalue weighted by Crippen LogP contribution is -2.40. The minimum absolute atomic E-state index is 0.0877. The number of fused-ring (bicyclic) bond motifs is 1. The summed E-state index contributed by atoms with van der Waals surface area (Å²) in [6.07, 6.45) is 5.44. The van der Waals surface area contributed by atoms with Crippen molar-refractivity contribution < 1.29 is 4.79 Å². The van der Waals surface area contributed by atoms with Crippen LogP contribution in [0.2, 0.25) is 0 Å². The summed E-state index contributed by atoms with van der Waals surface area (Å²) in [5, 5.41) is 3.12. The minimum Gasteiger partial charge on any atom is -0.354 e. The summed E-state index contributed by atoms with van der Waals surface area (Å²) in [5.74, 6) is 1.07. The molecule has 3 heterocycles. The molecule has 0 bridgehead atoms. The van der Waals surface area contributed by atoms with Crippen LogP contribution >= 0.6 is 0 Å². The van der Waals surface area contributed by atoms with E-state index in [1.54, 1.807) is 6.20 Å². The number of benzene rings is 1. The fourth-order valence-corrected chi connectivity index (χ4v) is 4.25. The summed E-state index contributed by atoms with van der Waals surface area (Å²) in [6.45, 7) is 7.23. The first kappa shape index (κ1) is 19.6. The van der Waals surface area contributed by atoms with Gasteiger partial charge < -0.3 is 5.32 Å². The van der Waals surface area contributed by atoms with Crippen molar-refractivity contribution in [1.82, 2.24) is 24.8 Å². The molecule has 6 nitrogen and oxygen atoms in total. The van der Waals surface area contributed by atoms with E-state index in [2.05, 4.69) is 38.6 Å². The number of nitrogens with one attached hydrogen (secondary N) is 1. The summed E-state index contributed by atoms with van der Waals surface area (Å²) < 4.78 is 2.10. The molecule has 1 saturated heterocycles. The lowest BCUT2D eigenvalue weighted by atomic mass is 10.1. The number of likely N-dealkylation sites (N-methyl/N-ethyl adjacent to an activating group) is 1. The predicted octanol–water partition coefficient (Wildman–Crippen LogP) is 3.13. The first-order valence-corrected chi connectivity index (χ1v) is 10.6. The van der Waals surface area contributed by atoms with Crippen LogP contribution in [0, 0.1) is 0 Å². The van der Waals surface area contributed by atoms with E-state index in [4.69, 9.17) is 0 Å². The monoisotopic (exact) mass is 391 g/mol. The quantitative estimate of drug-likeness (QED) is 0.672. The van der Waals surface area contributed by atoms with E-state index < -0.39 is 0 Å². The van der Waals surface area contributed by atoms with Crippen LogP contribution in [0.5, 0.6) is 0 Å². The SMILES string of the molecule is CCc1nc2cccnc2n1-c1ccc(CC(=O)NCC2CCCN2CC)cc1. The molecule has 0 spiro atoms. The van der Waals surface area contributed by atoms with Gasteiger partial charge in [0.25, 0.3) is 0 Å². The van der Waals surface area contributed by atoms with Gasteiger partial charge in [-0.2, -0.15) is 0 Å². The van der Waals surface area contributed by atoms with Crippen molar-refractivity contribution in [1.29, 1.82) is 0 Å². The molecule has 1 N–H and O–H groups in total. The second kappa shape index (κ2) is 8.74. The standard InChI is InChI=1S/C23H29N5O/c1-3-21-26-20-8-5-13-24-23(20)28(21)18-11-9-17(10-12-18)15-22(29)25-16-19-7-6-14-27(19)4-2/h5,8-13,19H,3-4,6-7,14-16H2,1-2H3,(H,25,29). The Morgan fingerprint density at radius 2 is 2.03 bits per heavy atom. The topological polar surface area (TPSA) is 63.1 Å². The summed E-state index contributed by atoms with van der Waals surface area (Å²) in [7, 11) is 0. The van der Waals surface area contributed by atoms with Gasteiger partial charge in [0.15, 0.2) is 5.65 Å². The molecule has 2 aromatic heterocycles. The maximum absolute atomic E-state index is 12.4. The van der Waals surface area contributed by atoms with E-state index in [-0.39, 0.29) is 5.91 Å². The summed E-state index contributed by atoms with van der Waals surface area (Å²) >= 11 is 0. The van der Waals surface area contributed by atoms with E-state index in [1.165, 1.54) is 12.8 Å². The number of nitrogens with zero attached hydrogens (tertiary/aromatic N) is 4. The number of hydrogen-bond acceptors (Lipinski definition) is 4. The minimum atomic E-state index is 0.0877. The molecule has 1 aliphatic rings. The zero-order chi connectivity index (χ0) is 20.2. The molecule has 1 unspecified atom stereocenters. The van der Waals surface area contributed by atoms with Crippen LogP contribution in [-0.4, -0.2) is 51.0 Å². The Kier molecular flexibility index (Phi) is 5.90. The molecule has 1 atom stereocenters. The van der Waals surface area contributed by atoms with Gasteiger partial charge in [0.2, 0.25) is 5.91 Å². The Morgan fingerprint density at radius 1 is 1.21 bits per heavy atom. The van der Waals surface area contributed by atoms with Crippen LogP contribution in [0.3, 0.4) is 0 Å². The number of carbonyl (C=O) groups is 1. The lowest BCUT2D eigenvalue weighted by Gasteiger charge is -2.22. The first-order chi connectivity index (χ1) is 14.2. The zero-order valence-corrected chi connectivity index (χ0v) is 17.3. The van der Waals surface area contributed by atoms with Crippen LogP contribution in [-0.2, 0) is 17.6 Å². The smallest absolute Gasteiger partial charge is 0.224 e. The van der Waals surface area contributed by atoms with Crippen LogP contribution in [0.15, 0.2) is 42.6 Å². The number of rotatable bonds is 7. The van der Waals surface area contributed by atoms with Crippen molar-refractivity contribution in [2.45, 2.75) is 45.6 Å². The number of amides is 1. The highest BCUT2D eigenvalue weighted by atomic mass is 16.1. The fraction of sp³-hybridized carbons (Fsp3) is 0.435. The van der Waals surface area contributed by atoms with E-state index in [9.17, 15) is 4.79 Å². The molecule has 1 fully saturated rings. The van der Waals surface area contributed by atoms with E-state index in [0.29, 0.717) is 12.5 Å². The molecule has 0 aliphatic carbocycles. The van der Waals surface area contributed by atoms with Crippen molar-refractivity contribution in [3.05, 3.63) is 54.0 Å². The van der Waals surface area contributed by atoms with Crippen molar-refractivity contribution in [3.63, 3.8) is 0 Å². The molecular formula is C23H29N5O. The number of likely N-dealkylation sites (tertiary alicyclic amines) is 1. The second-order valence-electron chi connectivity index (χ2n) is 7.64. The molecule has 1 aromatic carbocycles. The molecule has 0 saturated carbocycles. The number of carbonyl (C=O) groups excluding carboxylic acids is 1. The number of aromatic nitrogens is 3. The predicted molar refractivity (Wildman–Crippen MR) is 115 cm³/mol. The molecule has 1 aliphatic heterocycles. The number of aryl methyl sites for hydroxylation is 1. The highest BCUT2D eigenvalue weighted by molar-refractivity contribution is 5.79. The lowest BCUT2D eigenvalue weighted by molar-refractivity contribution is -0.120. The average molecular weight is 392 g/mol. The van der Waals surface area contributed by atoms with Gasteiger partial charge in [-0.1, -0.05) is 26.0 Å². The Labute approximate surface area is 172 Å². The highest BCUT2D eigenvalue weighted by Crippen LogP contribution is 2.21. The van der Waals surface area contributed by atoms with Gasteiger partial charge >= 0.3 is 0 Å². The third-order valence-electron chi connectivity index (χ3n) is 5.80. The maximum atomic E-state index is 12.4. The Balaban J connectivity index is 1.43. The molecule has 0 radical (unpaired) electrons. The molecule has 3 aromatic rings. The highest BCUT2D eigenvalue weighted by Gasteiger charge is 2.23. The number of hydrogen-bond donors (Lipinski definition) is 1. The Bertz CT molecular complexity index is 979. The molecule has 6 heteroatoms. The zero-order valence-electron chi connectivity index (χ0n) is 17.3. The summed E-state index contributed by atoms with van der Waals surface area (Å²) in [4.78, 5) is 24.0. The number of pyridine rings is 1. The Hall–Kier alpha value is -2.73. The van der Waals surface area contributed by atoms with Crippen LogP contribution in [0.25, 0.3) is 16.9 Å². The van der Waals surface area contributed by atoms with Gasteiger partial charge in [-0.3, -0.25) is 14.3 Å². The largest absolute Gasteiger partial charge is 0.354 e. The van der Waals surface area contributed by atoms with Crippen LogP contribution < -0.4 is 5.32 Å². The molecule has 29 heavy (non-hydrogen) atoms. The van der Waals surface area contributed by atoms with E-state index in [1.807, 2.05) is 36.4 Å². The number of imidazole rings is 1. The third-order valence-corrected chi connectivity index (χ3v) is 5.80. The van der Waals surface area contributed by atoms with Crippen molar-refractivity contribution in [3.8, 4) is 5.69 Å². The van der Waals surface area contributed by atoms with Gasteiger partial charge in [-0.25, -0.2) is 9.97 Å². The van der Waals surface area contributed by atoms with Crippen LogP contribution in [0.4, 0.5) is 0 Å². The second-order valence-corrected chi connectivity index (χ2v) is 7.64. The summed E-state index contributed by atoms with van der Waals surface area (Å²) in [5.41, 5.74) is 3.81. The van der Waals surface area contributed by atoms with E-state index in [0.717, 1.165) is 54.3 Å². The van der Waals surface area contributed by atoms with Gasteiger partial charge in [-0.05, 0) is 55.8 Å². The van der Waals surface area contributed by atoms with Crippen molar-refractivity contribution in [2.24, 2.45) is 0 Å². The van der Waals surface area contributed by atoms with Gasteiger partial charge in [0, 0.05) is 30.9 Å². The van der Waals surface area contributed by atoms with E-state index >= 15 is 0 Å². The Morgan fingerprint density at radius 3 is 2.79 bits per heavy atom. The van der Waals surface area contributed by atoms with Gasteiger partial charge in [0.05, 0.1) is 6.42 Å². The molecule has 4 rings (SSSR count). The normalized spacial score (nSPS) is 17.1. The van der Waals surface area contributed by atoms with Crippen molar-refractivity contribution in [2.75, 3.05) is 19.6 Å². The van der Waals surface area contributed by atoms with Gasteiger partial charge in [-0.15, -0.1) is 0 Å². The first-order valence-electron chi connectivity index (χ1n) is 10.6. The third kappa shape index (κ3) is 4.17. The van der Waals surface area contributed by atoms with Crippen LogP contribution in [0.1, 0.15) is 38.1 Å². The summed E-state index contributed by atoms with van der Waals surface area (Å²) in [6, 6.07) is 12.5. The maximum Gasteiger partial charge on any atom is 0.224 e. The fourth-order valence-electron chi connectivity index (χ4n) is 4.25. The molecule has 152 valence electrons. The average Bonchev–Trinajstić information content (AvgIpc) is 3.36.